The van der Waals surface area contributed by atoms with E-state index in [-0.39, 0.29) is 0 Å². The van der Waals surface area contributed by atoms with Gasteiger partial charge in [-0.15, -0.1) is 0 Å². The number of guanidine groups is 1. The number of rotatable bonds is 6. The topological polar surface area (TPSA) is 51.1 Å². The standard InChI is InChI=1S/C22H30N4O/c1-2-23-22(24-14-6-7-19-10-12-21(27)13-11-19)26-17-15-25(16-18-26)20-8-4-3-5-9-20/h3-5,8-13,27H,2,6-7,14-18H2,1H3,(H,23,24). The van der Waals surface area contributed by atoms with Gasteiger partial charge in [0.1, 0.15) is 5.75 Å². The number of hydrogen-bond donors (Lipinski definition) is 2. The number of phenols is 1. The molecular formula is C22H30N4O. The lowest BCUT2D eigenvalue weighted by Gasteiger charge is -2.37. The zero-order valence-corrected chi connectivity index (χ0v) is 16.1. The summed E-state index contributed by atoms with van der Waals surface area (Å²) in [7, 11) is 0. The van der Waals surface area contributed by atoms with Gasteiger partial charge in [0.2, 0.25) is 0 Å². The van der Waals surface area contributed by atoms with E-state index in [9.17, 15) is 5.11 Å². The van der Waals surface area contributed by atoms with Crippen molar-refractivity contribution in [3.05, 3.63) is 60.2 Å². The number of anilines is 1. The molecule has 1 aliphatic heterocycles. The molecule has 1 saturated heterocycles. The van der Waals surface area contributed by atoms with Crippen molar-refractivity contribution in [2.45, 2.75) is 19.8 Å². The number of para-hydroxylation sites is 1. The van der Waals surface area contributed by atoms with Crippen molar-refractivity contribution in [3.63, 3.8) is 0 Å². The summed E-state index contributed by atoms with van der Waals surface area (Å²) in [5.41, 5.74) is 2.54. The lowest BCUT2D eigenvalue weighted by Crippen LogP contribution is -2.52. The minimum Gasteiger partial charge on any atom is -0.508 e. The fraction of sp³-hybridized carbons (Fsp3) is 0.409. The number of aliphatic imine (C=N–C) groups is 1. The summed E-state index contributed by atoms with van der Waals surface area (Å²) in [4.78, 5) is 9.63. The lowest BCUT2D eigenvalue weighted by atomic mass is 10.1. The Morgan fingerprint density at radius 2 is 1.70 bits per heavy atom. The maximum atomic E-state index is 9.36. The number of piperazine rings is 1. The van der Waals surface area contributed by atoms with Gasteiger partial charge >= 0.3 is 0 Å². The first-order valence-corrected chi connectivity index (χ1v) is 9.87. The van der Waals surface area contributed by atoms with Crippen LogP contribution in [0, 0.1) is 0 Å². The van der Waals surface area contributed by atoms with Gasteiger partial charge in [-0.05, 0) is 49.6 Å². The second kappa shape index (κ2) is 9.86. The van der Waals surface area contributed by atoms with Crippen LogP contribution in [0.25, 0.3) is 0 Å². The minimum atomic E-state index is 0.320. The van der Waals surface area contributed by atoms with Crippen LogP contribution in [0.1, 0.15) is 18.9 Å². The highest BCUT2D eigenvalue weighted by molar-refractivity contribution is 5.80. The fourth-order valence-electron chi connectivity index (χ4n) is 3.37. The van der Waals surface area contributed by atoms with E-state index < -0.39 is 0 Å². The number of nitrogens with one attached hydrogen (secondary N) is 1. The Kier molecular flexibility index (Phi) is 6.97. The third kappa shape index (κ3) is 5.64. The summed E-state index contributed by atoms with van der Waals surface area (Å²) < 4.78 is 0. The number of hydrogen-bond acceptors (Lipinski definition) is 3. The minimum absolute atomic E-state index is 0.320. The Balaban J connectivity index is 1.49. The molecule has 144 valence electrons. The van der Waals surface area contributed by atoms with Crippen molar-refractivity contribution in [2.75, 3.05) is 44.2 Å². The van der Waals surface area contributed by atoms with E-state index in [1.165, 1.54) is 11.3 Å². The highest BCUT2D eigenvalue weighted by Gasteiger charge is 2.19. The van der Waals surface area contributed by atoms with Crippen LogP contribution in [-0.4, -0.2) is 55.2 Å². The average molecular weight is 367 g/mol. The van der Waals surface area contributed by atoms with Gasteiger partial charge in [0.15, 0.2) is 5.96 Å². The van der Waals surface area contributed by atoms with E-state index in [0.29, 0.717) is 5.75 Å². The molecule has 0 saturated carbocycles. The van der Waals surface area contributed by atoms with Crippen molar-refractivity contribution >= 4 is 11.6 Å². The largest absolute Gasteiger partial charge is 0.508 e. The molecule has 0 unspecified atom stereocenters. The van der Waals surface area contributed by atoms with Gasteiger partial charge in [-0.25, -0.2) is 0 Å². The van der Waals surface area contributed by atoms with E-state index in [1.54, 1.807) is 12.1 Å². The van der Waals surface area contributed by atoms with Crippen LogP contribution in [0.15, 0.2) is 59.6 Å². The Morgan fingerprint density at radius 3 is 2.37 bits per heavy atom. The molecule has 1 heterocycles. The number of nitrogens with zero attached hydrogens (tertiary/aromatic N) is 3. The fourth-order valence-corrected chi connectivity index (χ4v) is 3.37. The van der Waals surface area contributed by atoms with Gasteiger partial charge in [0.25, 0.3) is 0 Å². The van der Waals surface area contributed by atoms with E-state index in [0.717, 1.165) is 58.1 Å². The van der Waals surface area contributed by atoms with Gasteiger partial charge in [-0.2, -0.15) is 0 Å². The molecule has 0 bridgehead atoms. The number of aromatic hydroxyl groups is 1. The van der Waals surface area contributed by atoms with Crippen molar-refractivity contribution in [1.29, 1.82) is 0 Å². The summed E-state index contributed by atoms with van der Waals surface area (Å²) in [6.45, 7) is 7.81. The molecule has 2 N–H and O–H groups in total. The van der Waals surface area contributed by atoms with E-state index in [1.807, 2.05) is 12.1 Å². The SMILES string of the molecule is CCNC(=NCCCc1ccc(O)cc1)N1CCN(c2ccccc2)CC1. The molecule has 1 aliphatic rings. The highest BCUT2D eigenvalue weighted by Crippen LogP contribution is 2.15. The first kappa shape index (κ1) is 19.1. The van der Waals surface area contributed by atoms with Crippen LogP contribution in [0.5, 0.6) is 5.75 Å². The van der Waals surface area contributed by atoms with Crippen LogP contribution in [0.2, 0.25) is 0 Å². The zero-order chi connectivity index (χ0) is 18.9. The number of aryl methyl sites for hydroxylation is 1. The molecule has 0 radical (unpaired) electrons. The molecule has 0 spiro atoms. The number of phenolic OH excluding ortho intramolecular Hbond substituents is 1. The average Bonchev–Trinajstić information content (AvgIpc) is 2.72. The summed E-state index contributed by atoms with van der Waals surface area (Å²) in [6.07, 6.45) is 1.98. The second-order valence-electron chi connectivity index (χ2n) is 6.82. The van der Waals surface area contributed by atoms with E-state index in [2.05, 4.69) is 52.4 Å². The maximum absolute atomic E-state index is 9.36. The zero-order valence-electron chi connectivity index (χ0n) is 16.1. The van der Waals surface area contributed by atoms with Crippen LogP contribution in [0.3, 0.4) is 0 Å². The van der Waals surface area contributed by atoms with E-state index >= 15 is 0 Å². The van der Waals surface area contributed by atoms with Crippen molar-refractivity contribution in [2.24, 2.45) is 4.99 Å². The normalized spacial score (nSPS) is 15.1. The van der Waals surface area contributed by atoms with Crippen LogP contribution in [0.4, 0.5) is 5.69 Å². The first-order chi connectivity index (χ1) is 13.3. The molecule has 2 aromatic rings. The first-order valence-electron chi connectivity index (χ1n) is 9.87. The summed E-state index contributed by atoms with van der Waals surface area (Å²) >= 11 is 0. The van der Waals surface area contributed by atoms with Gasteiger partial charge in [0.05, 0.1) is 0 Å². The van der Waals surface area contributed by atoms with Crippen LogP contribution >= 0.6 is 0 Å². The van der Waals surface area contributed by atoms with E-state index in [4.69, 9.17) is 4.99 Å². The van der Waals surface area contributed by atoms with Gasteiger partial charge in [-0.3, -0.25) is 4.99 Å². The maximum Gasteiger partial charge on any atom is 0.194 e. The smallest absolute Gasteiger partial charge is 0.194 e. The van der Waals surface area contributed by atoms with Crippen molar-refractivity contribution in [3.8, 4) is 5.75 Å². The summed E-state index contributed by atoms with van der Waals surface area (Å²) in [5, 5.41) is 12.8. The van der Waals surface area contributed by atoms with Crippen LogP contribution < -0.4 is 10.2 Å². The molecule has 0 amide bonds. The summed E-state index contributed by atoms with van der Waals surface area (Å²) in [5.74, 6) is 1.34. The quantitative estimate of drug-likeness (QED) is 0.469. The Bertz CT molecular complexity index is 707. The third-order valence-electron chi connectivity index (χ3n) is 4.86. The molecule has 0 aromatic heterocycles. The number of benzene rings is 2. The highest BCUT2D eigenvalue weighted by atomic mass is 16.3. The predicted octanol–water partition coefficient (Wildman–Crippen LogP) is 3.11. The second-order valence-corrected chi connectivity index (χ2v) is 6.82. The monoisotopic (exact) mass is 366 g/mol. The Morgan fingerprint density at radius 1 is 1.00 bits per heavy atom. The molecule has 5 nitrogen and oxygen atoms in total. The van der Waals surface area contributed by atoms with Gasteiger partial charge < -0.3 is 20.2 Å². The van der Waals surface area contributed by atoms with Crippen molar-refractivity contribution in [1.82, 2.24) is 10.2 Å². The van der Waals surface area contributed by atoms with Crippen LogP contribution in [-0.2, 0) is 6.42 Å². The Hall–Kier alpha value is -2.69. The summed E-state index contributed by atoms with van der Waals surface area (Å²) in [6, 6.07) is 18.1. The molecule has 2 aromatic carbocycles. The predicted molar refractivity (Wildman–Crippen MR) is 113 cm³/mol. The molecule has 27 heavy (non-hydrogen) atoms. The molecule has 5 heteroatoms. The molecule has 0 atom stereocenters. The molecular weight excluding hydrogens is 336 g/mol. The van der Waals surface area contributed by atoms with Gasteiger partial charge in [0, 0.05) is 45.0 Å². The Labute approximate surface area is 162 Å². The lowest BCUT2D eigenvalue weighted by molar-refractivity contribution is 0.372. The molecule has 3 rings (SSSR count). The molecule has 1 fully saturated rings. The third-order valence-corrected chi connectivity index (χ3v) is 4.86. The van der Waals surface area contributed by atoms with Crippen molar-refractivity contribution < 1.29 is 5.11 Å². The molecule has 0 aliphatic carbocycles. The van der Waals surface area contributed by atoms with Gasteiger partial charge in [-0.1, -0.05) is 30.3 Å².